The number of hydrogen-bond donors (Lipinski definition) is 4. The van der Waals surface area contributed by atoms with Crippen LogP contribution in [0.5, 0.6) is 0 Å². The zero-order valence-corrected chi connectivity index (χ0v) is 27.4. The highest BCUT2D eigenvalue weighted by molar-refractivity contribution is 5.96. The Morgan fingerprint density at radius 3 is 1.74 bits per heavy atom. The maximum Gasteiger partial charge on any atom is 0.305 e. The molecule has 3 amide bonds. The number of hydrogen-bond acceptors (Lipinski definition) is 6. The van der Waals surface area contributed by atoms with Crippen molar-refractivity contribution in [3.05, 3.63) is 108 Å². The molecule has 0 aliphatic carbocycles. The van der Waals surface area contributed by atoms with Crippen LogP contribution in [-0.4, -0.2) is 70.7 Å². The average Bonchev–Trinajstić information content (AvgIpc) is 3.05. The van der Waals surface area contributed by atoms with Crippen molar-refractivity contribution in [1.29, 1.82) is 0 Å². The molecule has 0 bridgehead atoms. The first-order valence-electron chi connectivity index (χ1n) is 16.0. The number of nitrogens with one attached hydrogen (secondary N) is 3. The normalized spacial score (nSPS) is 13.0. The molecule has 250 valence electrons. The van der Waals surface area contributed by atoms with E-state index in [0.29, 0.717) is 25.9 Å². The molecule has 10 heteroatoms. The summed E-state index contributed by atoms with van der Waals surface area (Å²) in [5.41, 5.74) is 3.10. The monoisotopic (exact) mass is 642 g/mol. The van der Waals surface area contributed by atoms with Gasteiger partial charge in [0.1, 0.15) is 12.1 Å². The van der Waals surface area contributed by atoms with Gasteiger partial charge in [0.25, 0.3) is 0 Å². The van der Waals surface area contributed by atoms with Gasteiger partial charge in [0.05, 0.1) is 19.0 Å². The number of nitrogens with zero attached hydrogens (tertiary/aromatic N) is 1. The smallest absolute Gasteiger partial charge is 0.305 e. The molecule has 1 unspecified atom stereocenters. The molecule has 0 aromatic heterocycles. The standard InChI is InChI=1S/C37H46N4O6/c1-26(2)35(40-33(43)20-19-28-13-7-4-8-14-28)37(47)38-27(3)36(46)39-31(23-34(44)45)32(42)25-41(24-30-17-11-6-12-18-30)22-21-29-15-9-5-10-16-29/h4-18,26-27,31,35H,19-25H2,1-3H3,(H,38,47)(H,39,46)(H,40,43)(H,44,45)/t27-,31?,35-/m0/s1. The highest BCUT2D eigenvalue weighted by Gasteiger charge is 2.30. The molecule has 3 aromatic rings. The molecule has 10 nitrogen and oxygen atoms in total. The molecule has 0 aliphatic rings. The number of carbonyl (C=O) groups excluding carboxylic acids is 4. The van der Waals surface area contributed by atoms with Crippen LogP contribution >= 0.6 is 0 Å². The molecule has 0 saturated carbocycles. The minimum Gasteiger partial charge on any atom is -0.481 e. The molecule has 0 radical (unpaired) electrons. The van der Waals surface area contributed by atoms with E-state index in [4.69, 9.17) is 0 Å². The fraction of sp³-hybridized carbons (Fsp3) is 0.378. The van der Waals surface area contributed by atoms with Crippen LogP contribution in [0, 0.1) is 5.92 Å². The number of Topliss-reactive ketones (excluding diaryl/α,β-unsaturated/α-hetero) is 1. The Hall–Kier alpha value is -4.83. The fourth-order valence-electron chi connectivity index (χ4n) is 5.09. The van der Waals surface area contributed by atoms with Crippen molar-refractivity contribution in [1.82, 2.24) is 20.9 Å². The topological polar surface area (TPSA) is 145 Å². The molecule has 3 atom stereocenters. The number of carboxylic acid groups (broad SMARTS) is 1. The second-order valence-corrected chi connectivity index (χ2v) is 12.1. The summed E-state index contributed by atoms with van der Waals surface area (Å²) in [4.78, 5) is 66.1. The minimum absolute atomic E-state index is 0.0782. The lowest BCUT2D eigenvalue weighted by atomic mass is 10.0. The van der Waals surface area contributed by atoms with Crippen molar-refractivity contribution in [3.63, 3.8) is 0 Å². The van der Waals surface area contributed by atoms with E-state index in [1.165, 1.54) is 6.92 Å². The van der Waals surface area contributed by atoms with Crippen LogP contribution in [0.25, 0.3) is 0 Å². The van der Waals surface area contributed by atoms with Crippen molar-refractivity contribution >= 4 is 29.5 Å². The predicted octanol–water partition coefficient (Wildman–Crippen LogP) is 3.54. The van der Waals surface area contributed by atoms with E-state index in [1.807, 2.05) is 95.9 Å². The van der Waals surface area contributed by atoms with E-state index in [2.05, 4.69) is 16.0 Å². The molecule has 0 spiro atoms. The third-order valence-corrected chi connectivity index (χ3v) is 7.77. The Bertz CT molecular complexity index is 1450. The van der Waals surface area contributed by atoms with Gasteiger partial charge in [-0.05, 0) is 42.4 Å². The molecule has 0 aliphatic heterocycles. The lowest BCUT2D eigenvalue weighted by Gasteiger charge is -2.26. The van der Waals surface area contributed by atoms with Gasteiger partial charge in [-0.2, -0.15) is 0 Å². The molecular formula is C37H46N4O6. The predicted molar refractivity (Wildman–Crippen MR) is 180 cm³/mol. The van der Waals surface area contributed by atoms with Crippen LogP contribution in [0.1, 0.15) is 50.3 Å². The molecule has 4 N–H and O–H groups in total. The Labute approximate surface area is 276 Å². The fourth-order valence-corrected chi connectivity index (χ4v) is 5.09. The third kappa shape index (κ3) is 13.2. The van der Waals surface area contributed by atoms with E-state index >= 15 is 0 Å². The zero-order chi connectivity index (χ0) is 34.2. The van der Waals surface area contributed by atoms with Gasteiger partial charge in [-0.25, -0.2) is 0 Å². The van der Waals surface area contributed by atoms with Gasteiger partial charge in [-0.3, -0.25) is 28.9 Å². The van der Waals surface area contributed by atoms with Crippen LogP contribution in [0.15, 0.2) is 91.0 Å². The maximum absolute atomic E-state index is 13.5. The largest absolute Gasteiger partial charge is 0.481 e. The zero-order valence-electron chi connectivity index (χ0n) is 27.4. The van der Waals surface area contributed by atoms with Gasteiger partial charge in [0.15, 0.2) is 5.78 Å². The molecule has 47 heavy (non-hydrogen) atoms. The highest BCUT2D eigenvalue weighted by atomic mass is 16.4. The number of aryl methyl sites for hydroxylation is 1. The number of benzene rings is 3. The number of rotatable bonds is 19. The van der Waals surface area contributed by atoms with Gasteiger partial charge >= 0.3 is 5.97 Å². The first-order valence-corrected chi connectivity index (χ1v) is 16.0. The van der Waals surface area contributed by atoms with E-state index in [0.717, 1.165) is 16.7 Å². The van der Waals surface area contributed by atoms with Crippen molar-refractivity contribution in [2.75, 3.05) is 13.1 Å². The van der Waals surface area contributed by atoms with Gasteiger partial charge in [-0.15, -0.1) is 0 Å². The van der Waals surface area contributed by atoms with E-state index in [9.17, 15) is 29.1 Å². The molecule has 0 fully saturated rings. The van der Waals surface area contributed by atoms with Crippen LogP contribution < -0.4 is 16.0 Å². The first kappa shape index (κ1) is 36.6. The summed E-state index contributed by atoms with van der Waals surface area (Å²) in [6.45, 7) is 5.95. The van der Waals surface area contributed by atoms with E-state index < -0.39 is 48.1 Å². The van der Waals surface area contributed by atoms with Crippen LogP contribution in [0.4, 0.5) is 0 Å². The Morgan fingerprint density at radius 1 is 0.681 bits per heavy atom. The summed E-state index contributed by atoms with van der Waals surface area (Å²) < 4.78 is 0. The van der Waals surface area contributed by atoms with E-state index in [-0.39, 0.29) is 24.8 Å². The van der Waals surface area contributed by atoms with Crippen molar-refractivity contribution in [2.45, 2.75) is 71.1 Å². The summed E-state index contributed by atoms with van der Waals surface area (Å²) in [7, 11) is 0. The Kier molecular flexibility index (Phi) is 14.8. The van der Waals surface area contributed by atoms with Crippen LogP contribution in [-0.2, 0) is 43.4 Å². The summed E-state index contributed by atoms with van der Waals surface area (Å²) in [5.74, 6) is -3.49. The van der Waals surface area contributed by atoms with E-state index in [1.54, 1.807) is 13.8 Å². The summed E-state index contributed by atoms with van der Waals surface area (Å²) in [6.07, 6.45) is 0.795. The number of carboxylic acids is 1. The summed E-state index contributed by atoms with van der Waals surface area (Å²) >= 11 is 0. The number of carbonyl (C=O) groups is 5. The maximum atomic E-state index is 13.5. The SMILES string of the molecule is CC(C)[C@H](NC(=O)CCc1ccccc1)C(=O)N[C@@H](C)C(=O)NC(CC(=O)O)C(=O)CN(CCc1ccccc1)Cc1ccccc1. The summed E-state index contributed by atoms with van der Waals surface area (Å²) in [5, 5.41) is 17.5. The van der Waals surface area contributed by atoms with Crippen molar-refractivity contribution in [2.24, 2.45) is 5.92 Å². The van der Waals surface area contributed by atoms with Crippen molar-refractivity contribution < 1.29 is 29.1 Å². The van der Waals surface area contributed by atoms with Crippen LogP contribution in [0.2, 0.25) is 0 Å². The lowest BCUT2D eigenvalue weighted by Crippen LogP contribution is -2.56. The molecule has 0 saturated heterocycles. The number of aliphatic carboxylic acids is 1. The molecule has 0 heterocycles. The van der Waals surface area contributed by atoms with Gasteiger partial charge in [0, 0.05) is 19.5 Å². The quantitative estimate of drug-likeness (QED) is 0.157. The third-order valence-electron chi connectivity index (χ3n) is 7.77. The van der Waals surface area contributed by atoms with Crippen molar-refractivity contribution in [3.8, 4) is 0 Å². The second-order valence-electron chi connectivity index (χ2n) is 12.1. The Morgan fingerprint density at radius 2 is 1.21 bits per heavy atom. The van der Waals surface area contributed by atoms with Crippen LogP contribution in [0.3, 0.4) is 0 Å². The lowest BCUT2D eigenvalue weighted by molar-refractivity contribution is -0.141. The second kappa shape index (κ2) is 19.0. The molecule has 3 aromatic carbocycles. The average molecular weight is 643 g/mol. The number of amides is 3. The molecular weight excluding hydrogens is 596 g/mol. The first-order chi connectivity index (χ1) is 22.5. The number of ketones is 1. The van der Waals surface area contributed by atoms with Gasteiger partial charge in [0.2, 0.25) is 17.7 Å². The minimum atomic E-state index is -1.30. The van der Waals surface area contributed by atoms with Gasteiger partial charge < -0.3 is 21.1 Å². The molecule has 3 rings (SSSR count). The van der Waals surface area contributed by atoms with Gasteiger partial charge in [-0.1, -0.05) is 105 Å². The Balaban J connectivity index is 1.61. The highest BCUT2D eigenvalue weighted by Crippen LogP contribution is 2.10. The summed E-state index contributed by atoms with van der Waals surface area (Å²) in [6, 6.07) is 25.7.